The lowest BCUT2D eigenvalue weighted by molar-refractivity contribution is 0.112. The van der Waals surface area contributed by atoms with Crippen molar-refractivity contribution < 1.29 is 14.3 Å². The molecule has 0 unspecified atom stereocenters. The molecule has 1 aromatic heterocycles. The monoisotopic (exact) mass is 425 g/mol. The Morgan fingerprint density at radius 1 is 1.03 bits per heavy atom. The summed E-state index contributed by atoms with van der Waals surface area (Å²) in [6.07, 6.45) is 0.870. The van der Waals surface area contributed by atoms with E-state index < -0.39 is 0 Å². The van der Waals surface area contributed by atoms with Gasteiger partial charge in [-0.05, 0) is 48.4 Å². The number of fused-ring (bicyclic) bond motifs is 2. The molecule has 2 heterocycles. The third-order valence-corrected chi connectivity index (χ3v) is 5.69. The Labute approximate surface area is 186 Å². The molecule has 0 bridgehead atoms. The lowest BCUT2D eigenvalue weighted by Crippen LogP contribution is -2.26. The van der Waals surface area contributed by atoms with Crippen molar-refractivity contribution in [2.24, 2.45) is 0 Å². The number of aryl methyl sites for hydroxylation is 1. The third kappa shape index (κ3) is 3.75. The van der Waals surface area contributed by atoms with Gasteiger partial charge in [0.05, 0.1) is 19.2 Å². The van der Waals surface area contributed by atoms with Crippen LogP contribution in [0, 0.1) is 6.92 Å². The number of rotatable bonds is 4. The summed E-state index contributed by atoms with van der Waals surface area (Å²) in [5.74, 6) is 3.25. The molecule has 6 heteroatoms. The SMILES string of the molecule is COc1ccc2c(N3CCOc4ccc(-c5cccc(C=O)c5)cc4C3)nc(C)nc2c1. The van der Waals surface area contributed by atoms with Crippen molar-refractivity contribution in [3.63, 3.8) is 0 Å². The van der Waals surface area contributed by atoms with Gasteiger partial charge in [0, 0.05) is 29.1 Å². The molecule has 0 radical (unpaired) electrons. The molecule has 0 saturated carbocycles. The number of aldehydes is 1. The highest BCUT2D eigenvalue weighted by Gasteiger charge is 2.20. The van der Waals surface area contributed by atoms with Gasteiger partial charge in [-0.25, -0.2) is 9.97 Å². The van der Waals surface area contributed by atoms with Crippen LogP contribution in [0.5, 0.6) is 11.5 Å². The molecule has 1 aliphatic heterocycles. The first kappa shape index (κ1) is 20.0. The second-order valence-electron chi connectivity index (χ2n) is 7.81. The van der Waals surface area contributed by atoms with Crippen LogP contribution in [0.25, 0.3) is 22.0 Å². The van der Waals surface area contributed by atoms with Crippen LogP contribution in [0.3, 0.4) is 0 Å². The number of carbonyl (C=O) groups excluding carboxylic acids is 1. The number of hydrogen-bond acceptors (Lipinski definition) is 6. The second-order valence-corrected chi connectivity index (χ2v) is 7.81. The summed E-state index contributed by atoms with van der Waals surface area (Å²) >= 11 is 0. The summed E-state index contributed by atoms with van der Waals surface area (Å²) in [5.41, 5.74) is 4.65. The zero-order valence-electron chi connectivity index (χ0n) is 18.0. The predicted molar refractivity (Wildman–Crippen MR) is 125 cm³/mol. The van der Waals surface area contributed by atoms with Crippen LogP contribution in [0.4, 0.5) is 5.82 Å². The fourth-order valence-electron chi connectivity index (χ4n) is 4.12. The van der Waals surface area contributed by atoms with Gasteiger partial charge in [-0.1, -0.05) is 24.3 Å². The van der Waals surface area contributed by atoms with Crippen LogP contribution >= 0.6 is 0 Å². The summed E-state index contributed by atoms with van der Waals surface area (Å²) in [4.78, 5) is 22.8. The molecule has 32 heavy (non-hydrogen) atoms. The average molecular weight is 425 g/mol. The molecule has 0 spiro atoms. The van der Waals surface area contributed by atoms with E-state index in [1.165, 1.54) is 0 Å². The summed E-state index contributed by atoms with van der Waals surface area (Å²) in [7, 11) is 1.65. The molecule has 0 N–H and O–H groups in total. The van der Waals surface area contributed by atoms with Crippen molar-refractivity contribution in [1.29, 1.82) is 0 Å². The van der Waals surface area contributed by atoms with E-state index in [9.17, 15) is 4.79 Å². The first-order chi connectivity index (χ1) is 15.6. The molecule has 0 aliphatic carbocycles. The first-order valence-corrected chi connectivity index (χ1v) is 10.5. The number of hydrogen-bond donors (Lipinski definition) is 0. The highest BCUT2D eigenvalue weighted by Crippen LogP contribution is 2.33. The summed E-state index contributed by atoms with van der Waals surface area (Å²) < 4.78 is 11.4. The number of carbonyl (C=O) groups is 1. The van der Waals surface area contributed by atoms with Gasteiger partial charge in [0.15, 0.2) is 0 Å². The van der Waals surface area contributed by atoms with Gasteiger partial charge >= 0.3 is 0 Å². The van der Waals surface area contributed by atoms with E-state index in [0.717, 1.165) is 51.2 Å². The number of benzene rings is 3. The molecule has 0 fully saturated rings. The van der Waals surface area contributed by atoms with Crippen LogP contribution in [0.15, 0.2) is 60.7 Å². The molecule has 160 valence electrons. The predicted octanol–water partition coefficient (Wildman–Crippen LogP) is 4.83. The molecule has 1 aliphatic rings. The maximum Gasteiger partial charge on any atom is 0.150 e. The maximum atomic E-state index is 11.2. The zero-order valence-corrected chi connectivity index (χ0v) is 18.0. The van der Waals surface area contributed by atoms with Crippen molar-refractivity contribution >= 4 is 23.0 Å². The van der Waals surface area contributed by atoms with Gasteiger partial charge in [0.25, 0.3) is 0 Å². The van der Waals surface area contributed by atoms with Crippen molar-refractivity contribution in [2.75, 3.05) is 25.2 Å². The lowest BCUT2D eigenvalue weighted by Gasteiger charge is -2.23. The Hall–Kier alpha value is -3.93. The average Bonchev–Trinajstić information content (AvgIpc) is 3.05. The normalized spacial score (nSPS) is 13.2. The molecular weight excluding hydrogens is 402 g/mol. The lowest BCUT2D eigenvalue weighted by atomic mass is 10.0. The third-order valence-electron chi connectivity index (χ3n) is 5.69. The minimum Gasteiger partial charge on any atom is -0.497 e. The number of anilines is 1. The zero-order chi connectivity index (χ0) is 22.1. The van der Waals surface area contributed by atoms with Crippen LogP contribution in [0.1, 0.15) is 21.7 Å². The van der Waals surface area contributed by atoms with E-state index >= 15 is 0 Å². The molecule has 0 atom stereocenters. The van der Waals surface area contributed by atoms with Gasteiger partial charge in [-0.2, -0.15) is 0 Å². The minimum atomic E-state index is 0.563. The van der Waals surface area contributed by atoms with E-state index in [0.29, 0.717) is 31.1 Å². The van der Waals surface area contributed by atoms with Gasteiger partial charge in [-0.15, -0.1) is 0 Å². The van der Waals surface area contributed by atoms with Crippen molar-refractivity contribution in [3.8, 4) is 22.6 Å². The highest BCUT2D eigenvalue weighted by atomic mass is 16.5. The van der Waals surface area contributed by atoms with Crippen molar-refractivity contribution in [3.05, 3.63) is 77.6 Å². The van der Waals surface area contributed by atoms with Crippen LogP contribution in [-0.2, 0) is 6.54 Å². The number of methoxy groups -OCH3 is 1. The van der Waals surface area contributed by atoms with Crippen LogP contribution in [-0.4, -0.2) is 36.5 Å². The topological polar surface area (TPSA) is 64.6 Å². The minimum absolute atomic E-state index is 0.563. The van der Waals surface area contributed by atoms with Crippen molar-refractivity contribution in [1.82, 2.24) is 9.97 Å². The number of aromatic nitrogens is 2. The smallest absolute Gasteiger partial charge is 0.150 e. The van der Waals surface area contributed by atoms with Gasteiger partial charge in [-0.3, -0.25) is 4.79 Å². The van der Waals surface area contributed by atoms with E-state index in [-0.39, 0.29) is 0 Å². The van der Waals surface area contributed by atoms with Crippen LogP contribution in [0.2, 0.25) is 0 Å². The highest BCUT2D eigenvalue weighted by molar-refractivity contribution is 5.90. The molecule has 6 nitrogen and oxygen atoms in total. The van der Waals surface area contributed by atoms with E-state index in [1.54, 1.807) is 7.11 Å². The Bertz CT molecular complexity index is 1320. The fraction of sp³-hybridized carbons (Fsp3) is 0.192. The Morgan fingerprint density at radius 2 is 1.91 bits per heavy atom. The summed E-state index contributed by atoms with van der Waals surface area (Å²) in [6, 6.07) is 19.7. The van der Waals surface area contributed by atoms with E-state index in [2.05, 4.69) is 16.0 Å². The first-order valence-electron chi connectivity index (χ1n) is 10.5. The van der Waals surface area contributed by atoms with Crippen molar-refractivity contribution in [2.45, 2.75) is 13.5 Å². The standard InChI is InChI=1S/C26H23N3O3/c1-17-27-24-14-22(31-2)7-8-23(24)26(28-17)29-10-11-32-25-9-6-20(13-21(25)15-29)19-5-3-4-18(12-19)16-30/h3-9,12-14,16H,10-11,15H2,1-2H3. The van der Waals surface area contributed by atoms with E-state index in [4.69, 9.17) is 14.5 Å². The Kier molecular flexibility index (Phi) is 5.19. The molecule has 3 aromatic carbocycles. The molecular formula is C26H23N3O3. The van der Waals surface area contributed by atoms with Gasteiger partial charge in [0.2, 0.25) is 0 Å². The quantitative estimate of drug-likeness (QED) is 0.437. The molecule has 4 aromatic rings. The molecule has 0 saturated heterocycles. The summed E-state index contributed by atoms with van der Waals surface area (Å²) in [6.45, 7) is 3.84. The van der Waals surface area contributed by atoms with Gasteiger partial charge in [0.1, 0.15) is 36.0 Å². The Balaban J connectivity index is 1.55. The molecule has 0 amide bonds. The summed E-state index contributed by atoms with van der Waals surface area (Å²) in [5, 5.41) is 0.981. The number of ether oxygens (including phenoxy) is 2. The number of nitrogens with zero attached hydrogens (tertiary/aromatic N) is 3. The largest absolute Gasteiger partial charge is 0.497 e. The molecule has 5 rings (SSSR count). The fourth-order valence-corrected chi connectivity index (χ4v) is 4.12. The second kappa shape index (κ2) is 8.30. The van der Waals surface area contributed by atoms with E-state index in [1.807, 2.05) is 61.5 Å². The maximum absolute atomic E-state index is 11.2. The van der Waals surface area contributed by atoms with Gasteiger partial charge < -0.3 is 14.4 Å². The van der Waals surface area contributed by atoms with Crippen LogP contribution < -0.4 is 14.4 Å². The Morgan fingerprint density at radius 3 is 2.75 bits per heavy atom.